The van der Waals surface area contributed by atoms with Crippen LogP contribution in [0.5, 0.6) is 0 Å². The van der Waals surface area contributed by atoms with E-state index in [0.29, 0.717) is 35.6 Å². The monoisotopic (exact) mass is 456 g/mol. The van der Waals surface area contributed by atoms with Gasteiger partial charge in [-0.25, -0.2) is 9.97 Å². The van der Waals surface area contributed by atoms with E-state index < -0.39 is 5.41 Å². The van der Waals surface area contributed by atoms with E-state index in [1.165, 1.54) is 0 Å². The van der Waals surface area contributed by atoms with Gasteiger partial charge in [0, 0.05) is 30.4 Å². The van der Waals surface area contributed by atoms with Crippen molar-refractivity contribution in [2.45, 2.75) is 40.0 Å². The SMILES string of the molecule is CC(C)(C)C(=O)c1c[nH]c2ncc(Nc3ccc(/C=C(\C#N)C(=O)N4CCCCC4)cc3)nc12. The predicted molar refractivity (Wildman–Crippen MR) is 131 cm³/mol. The number of Topliss-reactive ketones (excluding diaryl/α,β-unsaturated/α-hetero) is 1. The Morgan fingerprint density at radius 2 is 1.85 bits per heavy atom. The van der Waals surface area contributed by atoms with Gasteiger partial charge in [0.2, 0.25) is 0 Å². The minimum atomic E-state index is -0.527. The molecule has 1 aliphatic rings. The number of H-pyrrole nitrogens is 1. The van der Waals surface area contributed by atoms with Crippen LogP contribution >= 0.6 is 0 Å². The summed E-state index contributed by atoms with van der Waals surface area (Å²) in [5.41, 5.74) is 2.74. The molecule has 3 heterocycles. The fourth-order valence-corrected chi connectivity index (χ4v) is 3.92. The summed E-state index contributed by atoms with van der Waals surface area (Å²) < 4.78 is 0. The molecule has 1 aliphatic heterocycles. The molecule has 1 aromatic carbocycles. The number of nitriles is 1. The van der Waals surface area contributed by atoms with Crippen LogP contribution in [0.25, 0.3) is 17.2 Å². The number of anilines is 2. The molecule has 2 N–H and O–H groups in total. The number of aromatic amines is 1. The van der Waals surface area contributed by atoms with Crippen LogP contribution in [-0.4, -0.2) is 44.6 Å². The molecule has 1 saturated heterocycles. The van der Waals surface area contributed by atoms with Crippen molar-refractivity contribution >= 4 is 40.4 Å². The normalized spacial score (nSPS) is 14.6. The molecule has 1 fully saturated rings. The number of likely N-dealkylation sites (tertiary alicyclic amines) is 1. The van der Waals surface area contributed by atoms with Crippen molar-refractivity contribution in [2.75, 3.05) is 18.4 Å². The minimum Gasteiger partial charge on any atom is -0.344 e. The second-order valence-corrected chi connectivity index (χ2v) is 9.50. The zero-order chi connectivity index (χ0) is 24.3. The number of benzene rings is 1. The molecular formula is C26H28N6O2. The Balaban J connectivity index is 1.51. The molecule has 3 aromatic rings. The molecule has 174 valence electrons. The highest BCUT2D eigenvalue weighted by atomic mass is 16.2. The number of piperidine rings is 1. The van der Waals surface area contributed by atoms with Gasteiger partial charge in [0.25, 0.3) is 5.91 Å². The standard InChI is InChI=1S/C26H28N6O2/c1-26(2,3)23(33)20-15-28-24-22(20)31-21(16-29-24)30-19-9-7-17(8-10-19)13-18(14-27)25(34)32-11-5-4-6-12-32/h7-10,13,15-16H,4-6,11-12H2,1-3H3,(H,28,29)(H,30,31)/b18-13+. The van der Waals surface area contributed by atoms with Crippen molar-refractivity contribution in [1.82, 2.24) is 19.9 Å². The van der Waals surface area contributed by atoms with Gasteiger partial charge in [0.1, 0.15) is 23.0 Å². The molecule has 0 atom stereocenters. The largest absolute Gasteiger partial charge is 0.344 e. The molecule has 2 aromatic heterocycles. The Bertz CT molecular complexity index is 1290. The van der Waals surface area contributed by atoms with Crippen LogP contribution in [-0.2, 0) is 4.79 Å². The Kier molecular flexibility index (Phi) is 6.46. The van der Waals surface area contributed by atoms with E-state index in [2.05, 4.69) is 20.3 Å². The van der Waals surface area contributed by atoms with Crippen molar-refractivity contribution in [2.24, 2.45) is 5.41 Å². The average Bonchev–Trinajstić information content (AvgIpc) is 3.25. The lowest BCUT2D eigenvalue weighted by atomic mass is 9.87. The van der Waals surface area contributed by atoms with Gasteiger partial charge in [-0.2, -0.15) is 5.26 Å². The lowest BCUT2D eigenvalue weighted by Gasteiger charge is -2.26. The molecular weight excluding hydrogens is 428 g/mol. The lowest BCUT2D eigenvalue weighted by Crippen LogP contribution is -2.36. The highest BCUT2D eigenvalue weighted by molar-refractivity contribution is 6.08. The van der Waals surface area contributed by atoms with E-state index in [1.54, 1.807) is 23.4 Å². The van der Waals surface area contributed by atoms with Crippen LogP contribution in [0, 0.1) is 16.7 Å². The molecule has 4 rings (SSSR count). The maximum atomic E-state index is 12.7. The smallest absolute Gasteiger partial charge is 0.264 e. The topological polar surface area (TPSA) is 115 Å². The number of hydrogen-bond donors (Lipinski definition) is 2. The number of rotatable bonds is 5. The third kappa shape index (κ3) is 4.99. The van der Waals surface area contributed by atoms with Gasteiger partial charge in [-0.3, -0.25) is 9.59 Å². The van der Waals surface area contributed by atoms with Crippen LogP contribution in [0.2, 0.25) is 0 Å². The van der Waals surface area contributed by atoms with Crippen LogP contribution in [0.4, 0.5) is 11.5 Å². The average molecular weight is 457 g/mol. The number of nitrogens with zero attached hydrogens (tertiary/aromatic N) is 4. The van der Waals surface area contributed by atoms with Gasteiger partial charge in [0.15, 0.2) is 11.4 Å². The maximum Gasteiger partial charge on any atom is 0.264 e. The van der Waals surface area contributed by atoms with Gasteiger partial charge < -0.3 is 15.2 Å². The number of nitrogens with one attached hydrogen (secondary N) is 2. The zero-order valence-electron chi connectivity index (χ0n) is 19.7. The summed E-state index contributed by atoms with van der Waals surface area (Å²) in [6.07, 6.45) is 7.96. The number of fused-ring (bicyclic) bond motifs is 1. The Morgan fingerprint density at radius 3 is 2.50 bits per heavy atom. The first-order valence-electron chi connectivity index (χ1n) is 11.4. The fourth-order valence-electron chi connectivity index (χ4n) is 3.92. The summed E-state index contributed by atoms with van der Waals surface area (Å²) in [6, 6.07) is 9.40. The summed E-state index contributed by atoms with van der Waals surface area (Å²) in [5, 5.41) is 12.7. The number of aromatic nitrogens is 3. The second kappa shape index (κ2) is 9.48. The maximum absolute atomic E-state index is 12.7. The van der Waals surface area contributed by atoms with Crippen molar-refractivity contribution < 1.29 is 9.59 Å². The third-order valence-corrected chi connectivity index (χ3v) is 5.79. The van der Waals surface area contributed by atoms with Crippen molar-refractivity contribution in [3.05, 3.63) is 53.4 Å². The fraction of sp³-hybridized carbons (Fsp3) is 0.346. The molecule has 0 saturated carbocycles. The molecule has 0 spiro atoms. The lowest BCUT2D eigenvalue weighted by molar-refractivity contribution is -0.127. The van der Waals surface area contributed by atoms with Crippen LogP contribution in [0.1, 0.15) is 56.0 Å². The van der Waals surface area contributed by atoms with Gasteiger partial charge in [0.05, 0.1) is 11.8 Å². The van der Waals surface area contributed by atoms with Crippen molar-refractivity contribution in [3.8, 4) is 6.07 Å². The van der Waals surface area contributed by atoms with E-state index in [9.17, 15) is 14.9 Å². The molecule has 0 bridgehead atoms. The number of carbonyl (C=O) groups is 2. The van der Waals surface area contributed by atoms with Gasteiger partial charge in [-0.15, -0.1) is 0 Å². The van der Waals surface area contributed by atoms with E-state index in [0.717, 1.165) is 30.5 Å². The number of ketones is 1. The predicted octanol–water partition coefficient (Wildman–Crippen LogP) is 4.85. The summed E-state index contributed by atoms with van der Waals surface area (Å²) in [4.78, 5) is 39.1. The first kappa shape index (κ1) is 23.2. The van der Waals surface area contributed by atoms with Gasteiger partial charge >= 0.3 is 0 Å². The Hall–Kier alpha value is -3.99. The Labute approximate surface area is 198 Å². The molecule has 0 radical (unpaired) electrons. The first-order valence-corrected chi connectivity index (χ1v) is 11.4. The highest BCUT2D eigenvalue weighted by Crippen LogP contribution is 2.26. The Morgan fingerprint density at radius 1 is 1.15 bits per heavy atom. The number of amides is 1. The summed E-state index contributed by atoms with van der Waals surface area (Å²) >= 11 is 0. The van der Waals surface area contributed by atoms with Crippen molar-refractivity contribution in [3.63, 3.8) is 0 Å². The molecule has 34 heavy (non-hydrogen) atoms. The number of carbonyl (C=O) groups excluding carboxylic acids is 2. The molecule has 8 heteroatoms. The summed E-state index contributed by atoms with van der Waals surface area (Å²) in [6.45, 7) is 7.03. The van der Waals surface area contributed by atoms with Crippen LogP contribution in [0.15, 0.2) is 42.2 Å². The van der Waals surface area contributed by atoms with Gasteiger partial charge in [-0.1, -0.05) is 32.9 Å². The van der Waals surface area contributed by atoms with Crippen molar-refractivity contribution in [1.29, 1.82) is 5.26 Å². The molecule has 0 unspecified atom stereocenters. The highest BCUT2D eigenvalue weighted by Gasteiger charge is 2.26. The molecule has 0 aliphatic carbocycles. The summed E-state index contributed by atoms with van der Waals surface area (Å²) in [7, 11) is 0. The molecule has 8 nitrogen and oxygen atoms in total. The second-order valence-electron chi connectivity index (χ2n) is 9.50. The van der Waals surface area contributed by atoms with E-state index >= 15 is 0 Å². The van der Waals surface area contributed by atoms with E-state index in [4.69, 9.17) is 0 Å². The zero-order valence-corrected chi connectivity index (χ0v) is 19.7. The van der Waals surface area contributed by atoms with E-state index in [-0.39, 0.29) is 17.3 Å². The summed E-state index contributed by atoms with van der Waals surface area (Å²) in [5.74, 6) is 0.296. The van der Waals surface area contributed by atoms with E-state index in [1.807, 2.05) is 51.1 Å². The van der Waals surface area contributed by atoms with Gasteiger partial charge in [-0.05, 0) is 43.0 Å². The third-order valence-electron chi connectivity index (χ3n) is 5.79. The van der Waals surface area contributed by atoms with Crippen LogP contribution in [0.3, 0.4) is 0 Å². The van der Waals surface area contributed by atoms with Crippen LogP contribution < -0.4 is 5.32 Å². The molecule has 1 amide bonds. The number of hydrogen-bond acceptors (Lipinski definition) is 6. The first-order chi connectivity index (χ1) is 16.3. The quantitative estimate of drug-likeness (QED) is 0.322. The minimum absolute atomic E-state index is 0.00580.